The van der Waals surface area contributed by atoms with E-state index in [9.17, 15) is 4.79 Å². The van der Waals surface area contributed by atoms with Crippen LogP contribution in [0.5, 0.6) is 0 Å². The number of halogens is 2. The second kappa shape index (κ2) is 5.23. The van der Waals surface area contributed by atoms with Crippen LogP contribution in [0.3, 0.4) is 0 Å². The number of anilines is 1. The van der Waals surface area contributed by atoms with E-state index in [1.807, 2.05) is 13.0 Å². The van der Waals surface area contributed by atoms with Gasteiger partial charge in [-0.15, -0.1) is 0 Å². The lowest BCUT2D eigenvalue weighted by Gasteiger charge is -2.09. The molecule has 6 heteroatoms. The third-order valence-electron chi connectivity index (χ3n) is 2.81. The average molecular weight is 298 g/mol. The van der Waals surface area contributed by atoms with Crippen molar-refractivity contribution >= 4 is 34.8 Å². The van der Waals surface area contributed by atoms with E-state index < -0.39 is 0 Å². The van der Waals surface area contributed by atoms with Crippen LogP contribution in [0.1, 0.15) is 21.7 Å². The SMILES string of the molecule is Cc1ccc(Cl)cc1NC(=O)c1c(Cl)c(C)nn1C. The molecule has 1 aromatic heterocycles. The number of carbonyl (C=O) groups excluding carboxylic acids is 1. The predicted molar refractivity (Wildman–Crippen MR) is 77.1 cm³/mol. The molecule has 1 amide bonds. The summed E-state index contributed by atoms with van der Waals surface area (Å²) in [6.45, 7) is 3.64. The van der Waals surface area contributed by atoms with Gasteiger partial charge >= 0.3 is 0 Å². The molecule has 0 saturated carbocycles. The summed E-state index contributed by atoms with van der Waals surface area (Å²) in [5, 5.41) is 7.83. The Bertz CT molecular complexity index is 650. The molecule has 2 rings (SSSR count). The van der Waals surface area contributed by atoms with Crippen molar-refractivity contribution in [2.75, 3.05) is 5.32 Å². The molecule has 100 valence electrons. The average Bonchev–Trinajstić information content (AvgIpc) is 2.58. The number of aromatic nitrogens is 2. The largest absolute Gasteiger partial charge is 0.320 e. The van der Waals surface area contributed by atoms with E-state index in [0.717, 1.165) is 5.56 Å². The Labute approximate surface area is 121 Å². The third kappa shape index (κ3) is 2.74. The molecule has 2 aromatic rings. The Hall–Kier alpha value is -1.52. The van der Waals surface area contributed by atoms with E-state index >= 15 is 0 Å². The summed E-state index contributed by atoms with van der Waals surface area (Å²) in [4.78, 5) is 12.2. The molecule has 0 atom stereocenters. The number of hydrogen-bond acceptors (Lipinski definition) is 2. The molecule has 1 aromatic carbocycles. The van der Waals surface area contributed by atoms with Gasteiger partial charge in [-0.3, -0.25) is 9.48 Å². The van der Waals surface area contributed by atoms with Crippen molar-refractivity contribution in [3.8, 4) is 0 Å². The molecular weight excluding hydrogens is 285 g/mol. The Morgan fingerprint density at radius 2 is 2.00 bits per heavy atom. The van der Waals surface area contributed by atoms with Crippen LogP contribution in [0, 0.1) is 13.8 Å². The number of hydrogen-bond donors (Lipinski definition) is 1. The van der Waals surface area contributed by atoms with Gasteiger partial charge in [-0.1, -0.05) is 29.3 Å². The number of aryl methyl sites for hydroxylation is 3. The quantitative estimate of drug-likeness (QED) is 0.921. The third-order valence-corrected chi connectivity index (χ3v) is 3.50. The summed E-state index contributed by atoms with van der Waals surface area (Å²) >= 11 is 12.0. The van der Waals surface area contributed by atoms with Gasteiger partial charge in [0.05, 0.1) is 10.7 Å². The summed E-state index contributed by atoms with van der Waals surface area (Å²) in [7, 11) is 1.68. The Morgan fingerprint density at radius 1 is 1.32 bits per heavy atom. The van der Waals surface area contributed by atoms with E-state index in [-0.39, 0.29) is 5.91 Å². The molecule has 0 aliphatic heterocycles. The maximum atomic E-state index is 12.2. The summed E-state index contributed by atoms with van der Waals surface area (Å²) in [6, 6.07) is 5.31. The molecular formula is C13H13Cl2N3O. The summed E-state index contributed by atoms with van der Waals surface area (Å²) in [6.07, 6.45) is 0. The zero-order chi connectivity index (χ0) is 14.2. The highest BCUT2D eigenvalue weighted by Crippen LogP contribution is 2.23. The zero-order valence-corrected chi connectivity index (χ0v) is 12.3. The van der Waals surface area contributed by atoms with Gasteiger partial charge in [0, 0.05) is 17.8 Å². The normalized spacial score (nSPS) is 10.6. The van der Waals surface area contributed by atoms with Crippen LogP contribution in [0.4, 0.5) is 5.69 Å². The van der Waals surface area contributed by atoms with Crippen molar-refractivity contribution in [3.63, 3.8) is 0 Å². The van der Waals surface area contributed by atoms with Gasteiger partial charge in [0.2, 0.25) is 0 Å². The summed E-state index contributed by atoms with van der Waals surface area (Å²) in [5.41, 5.74) is 2.54. The monoisotopic (exact) mass is 297 g/mol. The molecule has 0 fully saturated rings. The first-order chi connectivity index (χ1) is 8.90. The minimum atomic E-state index is -0.307. The van der Waals surface area contributed by atoms with Crippen molar-refractivity contribution in [1.82, 2.24) is 9.78 Å². The molecule has 4 nitrogen and oxygen atoms in total. The van der Waals surface area contributed by atoms with Crippen molar-refractivity contribution in [2.45, 2.75) is 13.8 Å². The molecule has 0 radical (unpaired) electrons. The summed E-state index contributed by atoms with van der Waals surface area (Å²) < 4.78 is 1.47. The first-order valence-electron chi connectivity index (χ1n) is 5.66. The van der Waals surface area contributed by atoms with Gasteiger partial charge < -0.3 is 5.32 Å². The van der Waals surface area contributed by atoms with E-state index in [1.165, 1.54) is 4.68 Å². The highest BCUT2D eigenvalue weighted by Gasteiger charge is 2.19. The van der Waals surface area contributed by atoms with Gasteiger partial charge in [-0.25, -0.2) is 0 Å². The highest BCUT2D eigenvalue weighted by atomic mass is 35.5. The van der Waals surface area contributed by atoms with Crippen LogP contribution in [0.2, 0.25) is 10.0 Å². The molecule has 19 heavy (non-hydrogen) atoms. The fourth-order valence-electron chi connectivity index (χ4n) is 1.79. The van der Waals surface area contributed by atoms with E-state index in [2.05, 4.69) is 10.4 Å². The lowest BCUT2D eigenvalue weighted by molar-refractivity contribution is 0.101. The number of amides is 1. The number of benzene rings is 1. The van der Waals surface area contributed by atoms with Crippen LogP contribution in [0.25, 0.3) is 0 Å². The standard InChI is InChI=1S/C13H13Cl2N3O/c1-7-4-5-9(14)6-10(7)16-13(19)12-11(15)8(2)17-18(12)3/h4-6H,1-3H3,(H,16,19). The fourth-order valence-corrected chi connectivity index (χ4v) is 2.21. The molecule has 0 bridgehead atoms. The van der Waals surface area contributed by atoms with E-state index in [4.69, 9.17) is 23.2 Å². The van der Waals surface area contributed by atoms with Gasteiger partial charge in [0.1, 0.15) is 5.69 Å². The van der Waals surface area contributed by atoms with Crippen LogP contribution >= 0.6 is 23.2 Å². The fraction of sp³-hybridized carbons (Fsp3) is 0.231. The van der Waals surface area contributed by atoms with Crippen LogP contribution in [0.15, 0.2) is 18.2 Å². The number of rotatable bonds is 2. The zero-order valence-electron chi connectivity index (χ0n) is 10.8. The minimum absolute atomic E-state index is 0.307. The number of nitrogens with zero attached hydrogens (tertiary/aromatic N) is 2. The summed E-state index contributed by atoms with van der Waals surface area (Å²) in [5.74, 6) is -0.307. The second-order valence-electron chi connectivity index (χ2n) is 4.28. The number of carbonyl (C=O) groups is 1. The highest BCUT2D eigenvalue weighted by molar-refractivity contribution is 6.35. The smallest absolute Gasteiger partial charge is 0.275 e. The van der Waals surface area contributed by atoms with Gasteiger partial charge in [-0.2, -0.15) is 5.10 Å². The lowest BCUT2D eigenvalue weighted by atomic mass is 10.2. The maximum Gasteiger partial charge on any atom is 0.275 e. The van der Waals surface area contributed by atoms with E-state index in [0.29, 0.717) is 27.1 Å². The van der Waals surface area contributed by atoms with Gasteiger partial charge in [-0.05, 0) is 31.5 Å². The molecule has 0 spiro atoms. The molecule has 0 aliphatic rings. The lowest BCUT2D eigenvalue weighted by Crippen LogP contribution is -2.17. The predicted octanol–water partition coefficient (Wildman–Crippen LogP) is 3.60. The van der Waals surface area contributed by atoms with Gasteiger partial charge in [0.25, 0.3) is 5.91 Å². The van der Waals surface area contributed by atoms with Crippen molar-refractivity contribution in [1.29, 1.82) is 0 Å². The second-order valence-corrected chi connectivity index (χ2v) is 5.10. The minimum Gasteiger partial charge on any atom is -0.320 e. The molecule has 0 unspecified atom stereocenters. The molecule has 0 saturated heterocycles. The number of nitrogens with one attached hydrogen (secondary N) is 1. The van der Waals surface area contributed by atoms with E-state index in [1.54, 1.807) is 26.1 Å². The van der Waals surface area contributed by atoms with Crippen molar-refractivity contribution < 1.29 is 4.79 Å². The van der Waals surface area contributed by atoms with Crippen molar-refractivity contribution in [3.05, 3.63) is 45.2 Å². The Morgan fingerprint density at radius 3 is 2.58 bits per heavy atom. The van der Waals surface area contributed by atoms with Crippen molar-refractivity contribution in [2.24, 2.45) is 7.05 Å². The first kappa shape index (κ1) is 13.9. The molecule has 1 N–H and O–H groups in total. The first-order valence-corrected chi connectivity index (χ1v) is 6.42. The van der Waals surface area contributed by atoms with Crippen LogP contribution in [-0.4, -0.2) is 15.7 Å². The van der Waals surface area contributed by atoms with Crippen LogP contribution in [-0.2, 0) is 7.05 Å². The molecule has 0 aliphatic carbocycles. The topological polar surface area (TPSA) is 46.9 Å². The maximum absolute atomic E-state index is 12.2. The molecule has 1 heterocycles. The Kier molecular flexibility index (Phi) is 3.83. The van der Waals surface area contributed by atoms with Crippen LogP contribution < -0.4 is 5.32 Å². The Balaban J connectivity index is 2.33. The van der Waals surface area contributed by atoms with Gasteiger partial charge in [0.15, 0.2) is 0 Å².